The Kier molecular flexibility index (Phi) is 7.06. The summed E-state index contributed by atoms with van der Waals surface area (Å²) in [4.78, 5) is 9.24. The summed E-state index contributed by atoms with van der Waals surface area (Å²) in [5.74, 6) is 2.02. The quantitative estimate of drug-likeness (QED) is 0.437. The molecule has 3 aromatic heterocycles. The Morgan fingerprint density at radius 3 is 2.82 bits per heavy atom. The van der Waals surface area contributed by atoms with Crippen molar-refractivity contribution in [1.29, 1.82) is 0 Å². The lowest BCUT2D eigenvalue weighted by molar-refractivity contribution is 0.372. The minimum Gasteiger partial charge on any atom is -0.359 e. The van der Waals surface area contributed by atoms with E-state index < -0.39 is 0 Å². The molecule has 0 saturated heterocycles. The summed E-state index contributed by atoms with van der Waals surface area (Å²) in [6, 6.07) is 8.04. The molecule has 0 aliphatic carbocycles. The molecule has 0 bridgehead atoms. The molecule has 7 nitrogen and oxygen atoms in total. The van der Waals surface area contributed by atoms with Crippen molar-refractivity contribution in [3.63, 3.8) is 0 Å². The maximum absolute atomic E-state index is 5.46. The van der Waals surface area contributed by atoms with Gasteiger partial charge in [0.05, 0.1) is 11.4 Å². The SMILES string of the molecule is CCNC(=NCc1cc(C(CC)CC)no1)NCCc1cn2ccccc2n1. The lowest BCUT2D eigenvalue weighted by atomic mass is 9.99. The lowest BCUT2D eigenvalue weighted by Gasteiger charge is -2.10. The van der Waals surface area contributed by atoms with E-state index in [1.807, 2.05) is 34.9 Å². The first kappa shape index (κ1) is 19.9. The summed E-state index contributed by atoms with van der Waals surface area (Å²) in [5, 5.41) is 10.8. The predicted octanol–water partition coefficient (Wildman–Crippen LogP) is 3.52. The molecule has 0 amide bonds. The van der Waals surface area contributed by atoms with Crippen LogP contribution in [0.2, 0.25) is 0 Å². The first-order valence-corrected chi connectivity index (χ1v) is 10.1. The van der Waals surface area contributed by atoms with Gasteiger partial charge in [0.15, 0.2) is 11.7 Å². The predicted molar refractivity (Wildman–Crippen MR) is 112 cm³/mol. The van der Waals surface area contributed by atoms with Crippen LogP contribution >= 0.6 is 0 Å². The van der Waals surface area contributed by atoms with E-state index in [1.165, 1.54) is 0 Å². The van der Waals surface area contributed by atoms with E-state index in [2.05, 4.69) is 52.7 Å². The van der Waals surface area contributed by atoms with Gasteiger partial charge in [-0.25, -0.2) is 9.98 Å². The van der Waals surface area contributed by atoms with Crippen LogP contribution in [0.4, 0.5) is 0 Å². The highest BCUT2D eigenvalue weighted by Gasteiger charge is 2.12. The molecule has 0 aromatic carbocycles. The van der Waals surface area contributed by atoms with Crippen molar-refractivity contribution in [2.24, 2.45) is 4.99 Å². The molecule has 3 aromatic rings. The van der Waals surface area contributed by atoms with E-state index in [9.17, 15) is 0 Å². The van der Waals surface area contributed by atoms with Crippen molar-refractivity contribution < 1.29 is 4.52 Å². The Bertz CT molecular complexity index is 860. The lowest BCUT2D eigenvalue weighted by Crippen LogP contribution is -2.38. The van der Waals surface area contributed by atoms with Crippen LogP contribution in [-0.4, -0.2) is 33.6 Å². The summed E-state index contributed by atoms with van der Waals surface area (Å²) >= 11 is 0. The number of pyridine rings is 1. The van der Waals surface area contributed by atoms with Gasteiger partial charge in [-0.1, -0.05) is 25.1 Å². The van der Waals surface area contributed by atoms with Crippen LogP contribution in [0.15, 0.2) is 46.2 Å². The number of nitrogens with zero attached hydrogens (tertiary/aromatic N) is 4. The van der Waals surface area contributed by atoms with Crippen molar-refractivity contribution in [2.75, 3.05) is 13.1 Å². The van der Waals surface area contributed by atoms with Gasteiger partial charge in [0.25, 0.3) is 0 Å². The molecule has 3 rings (SSSR count). The number of fused-ring (bicyclic) bond motifs is 1. The molecule has 0 aliphatic heterocycles. The standard InChI is InChI=1S/C21H30N6O/c1-4-16(5-2)19-13-18(28-26-19)14-24-21(22-6-3)23-11-10-17-15-27-12-8-7-9-20(27)25-17/h7-9,12-13,15-16H,4-6,10-11,14H2,1-3H3,(H2,22,23,24). The summed E-state index contributed by atoms with van der Waals surface area (Å²) in [7, 11) is 0. The molecule has 0 radical (unpaired) electrons. The van der Waals surface area contributed by atoms with E-state index in [0.717, 1.165) is 61.1 Å². The second kappa shape index (κ2) is 9.92. The molecule has 7 heteroatoms. The van der Waals surface area contributed by atoms with E-state index in [1.54, 1.807) is 0 Å². The molecule has 0 fully saturated rings. The van der Waals surface area contributed by atoms with Gasteiger partial charge in [-0.05, 0) is 31.9 Å². The Balaban J connectivity index is 1.55. The second-order valence-electron chi connectivity index (χ2n) is 6.80. The molecule has 2 N–H and O–H groups in total. The van der Waals surface area contributed by atoms with Crippen molar-refractivity contribution >= 4 is 11.6 Å². The highest BCUT2D eigenvalue weighted by atomic mass is 16.5. The average Bonchev–Trinajstić information content (AvgIpc) is 3.34. The molecule has 150 valence electrons. The number of aromatic nitrogens is 3. The van der Waals surface area contributed by atoms with Crippen LogP contribution in [0.5, 0.6) is 0 Å². The van der Waals surface area contributed by atoms with Crippen LogP contribution in [0.3, 0.4) is 0 Å². The number of hydrogen-bond donors (Lipinski definition) is 2. The largest absolute Gasteiger partial charge is 0.359 e. The summed E-state index contributed by atoms with van der Waals surface area (Å²) in [5.41, 5.74) is 3.05. The fraction of sp³-hybridized carbons (Fsp3) is 0.476. The maximum Gasteiger partial charge on any atom is 0.191 e. The number of imidazole rings is 1. The molecule has 0 saturated carbocycles. The fourth-order valence-corrected chi connectivity index (χ4v) is 3.22. The van der Waals surface area contributed by atoms with Crippen LogP contribution in [0.1, 0.15) is 56.7 Å². The van der Waals surface area contributed by atoms with Gasteiger partial charge in [-0.3, -0.25) is 0 Å². The first-order chi connectivity index (χ1) is 13.7. The van der Waals surface area contributed by atoms with Crippen LogP contribution in [-0.2, 0) is 13.0 Å². The number of guanidine groups is 1. The molecular formula is C21H30N6O. The molecule has 28 heavy (non-hydrogen) atoms. The molecule has 0 aliphatic rings. The number of hydrogen-bond acceptors (Lipinski definition) is 4. The third-order valence-corrected chi connectivity index (χ3v) is 4.81. The normalized spacial score (nSPS) is 12.1. The fourth-order valence-electron chi connectivity index (χ4n) is 3.22. The molecule has 3 heterocycles. The molecule has 0 spiro atoms. The summed E-state index contributed by atoms with van der Waals surface area (Å²) in [6.07, 6.45) is 7.04. The minimum absolute atomic E-state index is 0.457. The maximum atomic E-state index is 5.46. The van der Waals surface area contributed by atoms with Crippen LogP contribution in [0.25, 0.3) is 5.65 Å². The third-order valence-electron chi connectivity index (χ3n) is 4.81. The van der Waals surface area contributed by atoms with E-state index >= 15 is 0 Å². The number of rotatable bonds is 9. The zero-order chi connectivity index (χ0) is 19.8. The third kappa shape index (κ3) is 5.12. The van der Waals surface area contributed by atoms with Gasteiger partial charge in [0.1, 0.15) is 12.2 Å². The molecular weight excluding hydrogens is 352 g/mol. The Morgan fingerprint density at radius 2 is 2.07 bits per heavy atom. The van der Waals surface area contributed by atoms with E-state index in [0.29, 0.717) is 12.5 Å². The second-order valence-corrected chi connectivity index (χ2v) is 6.80. The Hall–Kier alpha value is -2.83. The average molecular weight is 383 g/mol. The van der Waals surface area contributed by atoms with Gasteiger partial charge in [0, 0.05) is 43.9 Å². The number of aliphatic imine (C=N–C) groups is 1. The zero-order valence-corrected chi connectivity index (χ0v) is 17.0. The van der Waals surface area contributed by atoms with Crippen molar-refractivity contribution in [2.45, 2.75) is 52.5 Å². The first-order valence-electron chi connectivity index (χ1n) is 10.1. The van der Waals surface area contributed by atoms with Gasteiger partial charge >= 0.3 is 0 Å². The van der Waals surface area contributed by atoms with E-state index in [-0.39, 0.29) is 0 Å². The Labute approximate surface area is 166 Å². The van der Waals surface area contributed by atoms with Crippen molar-refractivity contribution in [3.8, 4) is 0 Å². The van der Waals surface area contributed by atoms with Gasteiger partial charge in [-0.2, -0.15) is 0 Å². The molecule has 0 atom stereocenters. The zero-order valence-electron chi connectivity index (χ0n) is 17.0. The monoisotopic (exact) mass is 382 g/mol. The topological polar surface area (TPSA) is 79.8 Å². The van der Waals surface area contributed by atoms with E-state index in [4.69, 9.17) is 4.52 Å². The van der Waals surface area contributed by atoms with Crippen molar-refractivity contribution in [1.82, 2.24) is 25.2 Å². The van der Waals surface area contributed by atoms with Gasteiger partial charge in [-0.15, -0.1) is 0 Å². The minimum atomic E-state index is 0.457. The summed E-state index contributed by atoms with van der Waals surface area (Å²) in [6.45, 7) is 8.43. The van der Waals surface area contributed by atoms with Gasteiger partial charge < -0.3 is 19.6 Å². The van der Waals surface area contributed by atoms with Gasteiger partial charge in [0.2, 0.25) is 0 Å². The highest BCUT2D eigenvalue weighted by Crippen LogP contribution is 2.22. The van der Waals surface area contributed by atoms with Crippen LogP contribution in [0, 0.1) is 0 Å². The smallest absolute Gasteiger partial charge is 0.191 e. The highest BCUT2D eigenvalue weighted by molar-refractivity contribution is 5.79. The Morgan fingerprint density at radius 1 is 1.21 bits per heavy atom. The number of nitrogens with one attached hydrogen (secondary N) is 2. The summed E-state index contributed by atoms with van der Waals surface area (Å²) < 4.78 is 7.50. The van der Waals surface area contributed by atoms with Crippen LogP contribution < -0.4 is 10.6 Å². The molecule has 0 unspecified atom stereocenters. The van der Waals surface area contributed by atoms with Crippen molar-refractivity contribution in [3.05, 3.63) is 53.8 Å².